The zero-order valence-corrected chi connectivity index (χ0v) is 26.8. The molecule has 0 bridgehead atoms. The Morgan fingerprint density at radius 1 is 0.816 bits per heavy atom. The van der Waals surface area contributed by atoms with E-state index < -0.39 is 50.1 Å². The molecule has 2 aliphatic heterocycles. The number of aromatic nitrogens is 2. The highest BCUT2D eigenvalue weighted by atomic mass is 32.2. The van der Waals surface area contributed by atoms with Crippen molar-refractivity contribution < 1.29 is 39.6 Å². The van der Waals surface area contributed by atoms with Gasteiger partial charge in [-0.05, 0) is 61.7 Å². The lowest BCUT2D eigenvalue weighted by atomic mass is 10.0. The molecule has 0 saturated carbocycles. The smallest absolute Gasteiger partial charge is 0.366 e. The topological polar surface area (TPSA) is 86.7 Å². The fourth-order valence-electron chi connectivity index (χ4n) is 6.17. The molecule has 0 spiro atoms. The Balaban J connectivity index is 1.23. The Labute approximate surface area is 279 Å². The van der Waals surface area contributed by atoms with Gasteiger partial charge in [0.1, 0.15) is 17.5 Å². The molecule has 2 fully saturated rings. The number of ketones is 1. The summed E-state index contributed by atoms with van der Waals surface area (Å²) in [6, 6.07) is 13.4. The van der Waals surface area contributed by atoms with Crippen molar-refractivity contribution in [2.45, 2.75) is 42.8 Å². The monoisotopic (exact) mass is 703 g/mol. The fraction of sp³-hybridized carbons (Fsp3) is 0.324. The first-order valence-corrected chi connectivity index (χ1v) is 17.0. The molecule has 49 heavy (non-hydrogen) atoms. The molecule has 8 nitrogen and oxygen atoms in total. The molecule has 4 aromatic rings. The first-order chi connectivity index (χ1) is 23.3. The van der Waals surface area contributed by atoms with Crippen LogP contribution in [-0.2, 0) is 27.4 Å². The molecule has 2 aliphatic rings. The van der Waals surface area contributed by atoms with E-state index in [1.165, 1.54) is 18.2 Å². The zero-order chi connectivity index (χ0) is 34.9. The number of aryl methyl sites for hydroxylation is 1. The number of sulfonamides is 1. The lowest BCUT2D eigenvalue weighted by molar-refractivity contribution is -0.137. The summed E-state index contributed by atoms with van der Waals surface area (Å²) in [5.74, 6) is -2.59. The van der Waals surface area contributed by atoms with Crippen molar-refractivity contribution in [1.82, 2.24) is 14.3 Å². The van der Waals surface area contributed by atoms with Gasteiger partial charge in [0.05, 0.1) is 27.9 Å². The van der Waals surface area contributed by atoms with Gasteiger partial charge in [0.15, 0.2) is 5.78 Å². The minimum Gasteiger partial charge on any atom is -0.366 e. The van der Waals surface area contributed by atoms with Crippen molar-refractivity contribution >= 4 is 27.4 Å². The summed E-state index contributed by atoms with van der Waals surface area (Å²) >= 11 is 0. The van der Waals surface area contributed by atoms with Crippen molar-refractivity contribution in [3.8, 4) is 11.3 Å². The number of hydrogen-bond acceptors (Lipinski definition) is 7. The van der Waals surface area contributed by atoms with E-state index in [9.17, 15) is 39.6 Å². The summed E-state index contributed by atoms with van der Waals surface area (Å²) < 4.78 is 109. The Morgan fingerprint density at radius 3 is 2.12 bits per heavy atom. The Hall–Kier alpha value is -4.50. The van der Waals surface area contributed by atoms with Crippen LogP contribution in [0, 0.1) is 17.5 Å². The first kappa shape index (κ1) is 34.4. The average Bonchev–Trinajstić information content (AvgIpc) is 3.58. The number of para-hydroxylation sites is 1. The molecule has 1 aromatic heterocycles. The molecule has 1 atom stereocenters. The highest BCUT2D eigenvalue weighted by molar-refractivity contribution is 7.89. The second-order valence-corrected chi connectivity index (χ2v) is 13.8. The van der Waals surface area contributed by atoms with Gasteiger partial charge in [0.2, 0.25) is 16.0 Å². The summed E-state index contributed by atoms with van der Waals surface area (Å²) in [6.07, 6.45) is -3.98. The van der Waals surface area contributed by atoms with Crippen molar-refractivity contribution in [1.29, 1.82) is 0 Å². The lowest BCUT2D eigenvalue weighted by Crippen LogP contribution is -2.47. The second kappa shape index (κ2) is 13.8. The van der Waals surface area contributed by atoms with Crippen molar-refractivity contribution in [2.75, 3.05) is 42.5 Å². The van der Waals surface area contributed by atoms with Crippen LogP contribution in [0.3, 0.4) is 0 Å². The number of hydrogen-bond donors (Lipinski definition) is 0. The minimum absolute atomic E-state index is 0.00541. The number of carbonyl (C=O) groups is 1. The predicted molar refractivity (Wildman–Crippen MR) is 170 cm³/mol. The SMILES string of the molecule is O=C(CCc1cc(-c2ccc(C(F)(F)F)cc2)nc(N2CCN(c3ccccc3F)CC2)n1)[C@@H]1CCCN1S(=O)(=O)c1cc(F)cc(F)c1. The third-order valence-corrected chi connectivity index (χ3v) is 10.6. The maximum Gasteiger partial charge on any atom is 0.416 e. The van der Waals surface area contributed by atoms with Crippen LogP contribution in [0.2, 0.25) is 0 Å². The quantitative estimate of drug-likeness (QED) is 0.190. The van der Waals surface area contributed by atoms with Gasteiger partial charge in [-0.3, -0.25) is 4.79 Å². The maximum atomic E-state index is 14.4. The van der Waals surface area contributed by atoms with Gasteiger partial charge >= 0.3 is 6.18 Å². The molecule has 0 amide bonds. The van der Waals surface area contributed by atoms with E-state index in [1.807, 2.05) is 9.80 Å². The number of carbonyl (C=O) groups excluding carboxylic acids is 1. The van der Waals surface area contributed by atoms with Crippen LogP contribution < -0.4 is 9.80 Å². The van der Waals surface area contributed by atoms with Gasteiger partial charge in [0.25, 0.3) is 0 Å². The van der Waals surface area contributed by atoms with Crippen LogP contribution in [0.15, 0.2) is 77.7 Å². The molecule has 2 saturated heterocycles. The van der Waals surface area contributed by atoms with Gasteiger partial charge in [-0.15, -0.1) is 0 Å². The van der Waals surface area contributed by atoms with Crippen LogP contribution in [-0.4, -0.2) is 67.2 Å². The number of nitrogens with zero attached hydrogens (tertiary/aromatic N) is 5. The molecule has 15 heteroatoms. The van der Waals surface area contributed by atoms with E-state index >= 15 is 0 Å². The van der Waals surface area contributed by atoms with Crippen LogP contribution in [0.4, 0.5) is 38.0 Å². The molecule has 0 radical (unpaired) electrons. The largest absolute Gasteiger partial charge is 0.416 e. The highest BCUT2D eigenvalue weighted by Crippen LogP contribution is 2.32. The second-order valence-electron chi connectivity index (χ2n) is 11.9. The van der Waals surface area contributed by atoms with E-state index in [4.69, 9.17) is 0 Å². The van der Waals surface area contributed by atoms with E-state index in [1.54, 1.807) is 24.3 Å². The summed E-state index contributed by atoms with van der Waals surface area (Å²) in [5, 5.41) is 0. The van der Waals surface area contributed by atoms with Gasteiger partial charge in [-0.2, -0.15) is 17.5 Å². The van der Waals surface area contributed by atoms with Gasteiger partial charge < -0.3 is 9.80 Å². The minimum atomic E-state index is -4.52. The standard InChI is InChI=1S/C34H31F6N5O3S/c35-24-18-25(36)20-27(19-24)49(47,48)45-13-3-6-31(45)32(46)12-11-26-21-29(22-7-9-23(10-8-22)34(38,39)40)42-33(41-26)44-16-14-43(15-17-44)30-5-2-1-4-28(30)37/h1-2,4-5,7-10,18-21,31H,3,6,11-17H2/t31-/m0/s1. The number of Topliss-reactive ketones (excluding diaryl/α,β-unsaturated/α-hetero) is 1. The van der Waals surface area contributed by atoms with E-state index in [2.05, 4.69) is 9.97 Å². The van der Waals surface area contributed by atoms with Crippen LogP contribution in [0.25, 0.3) is 11.3 Å². The van der Waals surface area contributed by atoms with Crippen LogP contribution >= 0.6 is 0 Å². The van der Waals surface area contributed by atoms with Gasteiger partial charge in [-0.25, -0.2) is 31.6 Å². The van der Waals surface area contributed by atoms with Crippen molar-refractivity contribution in [2.24, 2.45) is 0 Å². The third kappa shape index (κ3) is 7.57. The maximum absolute atomic E-state index is 14.4. The van der Waals surface area contributed by atoms with E-state index in [0.29, 0.717) is 73.4 Å². The zero-order valence-electron chi connectivity index (χ0n) is 26.0. The number of anilines is 2. The lowest BCUT2D eigenvalue weighted by Gasteiger charge is -2.36. The molecular weight excluding hydrogens is 672 g/mol. The number of alkyl halides is 3. The van der Waals surface area contributed by atoms with Crippen LogP contribution in [0.1, 0.15) is 30.5 Å². The summed E-state index contributed by atoms with van der Waals surface area (Å²) in [5.41, 5.74) is 0.772. The Bertz CT molecular complexity index is 1930. The predicted octanol–water partition coefficient (Wildman–Crippen LogP) is 6.26. The number of halogens is 6. The van der Waals surface area contributed by atoms with Crippen LogP contribution in [0.5, 0.6) is 0 Å². The van der Waals surface area contributed by atoms with Gasteiger partial charge in [0, 0.05) is 56.5 Å². The van der Waals surface area contributed by atoms with Crippen molar-refractivity contribution in [3.05, 3.63) is 102 Å². The van der Waals surface area contributed by atoms with E-state index in [0.717, 1.165) is 16.4 Å². The highest BCUT2D eigenvalue weighted by Gasteiger charge is 2.39. The molecule has 0 N–H and O–H groups in total. The Morgan fingerprint density at radius 2 is 1.47 bits per heavy atom. The number of benzene rings is 3. The number of rotatable bonds is 9. The molecule has 0 aliphatic carbocycles. The van der Waals surface area contributed by atoms with E-state index in [-0.39, 0.29) is 37.6 Å². The number of piperazine rings is 1. The molecule has 0 unspecified atom stereocenters. The third-order valence-electron chi connectivity index (χ3n) is 8.68. The summed E-state index contributed by atoms with van der Waals surface area (Å²) in [6.45, 7) is 1.73. The van der Waals surface area contributed by atoms with Gasteiger partial charge in [-0.1, -0.05) is 24.3 Å². The average molecular weight is 704 g/mol. The molecule has 6 rings (SSSR count). The normalized spacial score (nSPS) is 17.5. The molecule has 3 aromatic carbocycles. The Kier molecular flexibility index (Phi) is 9.67. The molecule has 3 heterocycles. The molecular formula is C34H31F6N5O3S. The molecule has 258 valence electrons. The summed E-state index contributed by atoms with van der Waals surface area (Å²) in [4.78, 5) is 25.9. The van der Waals surface area contributed by atoms with Crippen molar-refractivity contribution in [3.63, 3.8) is 0 Å². The summed E-state index contributed by atoms with van der Waals surface area (Å²) in [7, 11) is -4.37. The fourth-order valence-corrected chi connectivity index (χ4v) is 7.89. The first-order valence-electron chi connectivity index (χ1n) is 15.6.